The van der Waals surface area contributed by atoms with Crippen molar-refractivity contribution in [2.24, 2.45) is 0 Å². The minimum atomic E-state index is -1.15. The van der Waals surface area contributed by atoms with E-state index < -0.39 is 35.7 Å². The Morgan fingerprint density at radius 1 is 1.18 bits per heavy atom. The monoisotopic (exact) mass is 383 g/mol. The van der Waals surface area contributed by atoms with Gasteiger partial charge in [-0.05, 0) is 36.2 Å². The SMILES string of the molecule is Cc1c(F)cccc1C(CC(=O)O)NC(=O)c1cc(=O)n(-c2ccccc2)[nH]1. The van der Waals surface area contributed by atoms with Crippen LogP contribution >= 0.6 is 0 Å². The lowest BCUT2D eigenvalue weighted by atomic mass is 9.98. The number of carbonyl (C=O) groups excluding carboxylic acids is 1. The molecule has 0 aliphatic heterocycles. The summed E-state index contributed by atoms with van der Waals surface area (Å²) in [7, 11) is 0. The number of amides is 1. The Morgan fingerprint density at radius 2 is 1.89 bits per heavy atom. The van der Waals surface area contributed by atoms with E-state index in [1.807, 2.05) is 0 Å². The molecular weight excluding hydrogens is 365 g/mol. The highest BCUT2D eigenvalue weighted by atomic mass is 19.1. The van der Waals surface area contributed by atoms with Gasteiger partial charge in [0.1, 0.15) is 11.5 Å². The predicted molar refractivity (Wildman–Crippen MR) is 100.0 cm³/mol. The summed E-state index contributed by atoms with van der Waals surface area (Å²) in [4.78, 5) is 36.0. The molecule has 0 saturated carbocycles. The van der Waals surface area contributed by atoms with Crippen LogP contribution in [0.4, 0.5) is 4.39 Å². The summed E-state index contributed by atoms with van der Waals surface area (Å²) < 4.78 is 15.1. The molecule has 0 fully saturated rings. The second-order valence-corrected chi connectivity index (χ2v) is 6.26. The molecule has 1 amide bonds. The predicted octanol–water partition coefficient (Wildman–Crippen LogP) is 2.56. The van der Waals surface area contributed by atoms with E-state index in [0.29, 0.717) is 11.3 Å². The number of hydrogen-bond acceptors (Lipinski definition) is 3. The van der Waals surface area contributed by atoms with Crippen LogP contribution in [0, 0.1) is 12.7 Å². The first-order valence-electron chi connectivity index (χ1n) is 8.52. The van der Waals surface area contributed by atoms with E-state index in [1.54, 1.807) is 36.4 Å². The van der Waals surface area contributed by atoms with Gasteiger partial charge in [0.2, 0.25) is 0 Å². The van der Waals surface area contributed by atoms with Crippen molar-refractivity contribution in [3.8, 4) is 5.69 Å². The molecule has 2 aromatic carbocycles. The molecule has 8 heteroatoms. The minimum absolute atomic E-state index is 0.0294. The van der Waals surface area contributed by atoms with Gasteiger partial charge in [-0.15, -0.1) is 0 Å². The third-order valence-electron chi connectivity index (χ3n) is 4.35. The molecule has 3 rings (SSSR count). The first-order chi connectivity index (χ1) is 13.4. The number of nitrogens with zero attached hydrogens (tertiary/aromatic N) is 1. The van der Waals surface area contributed by atoms with Gasteiger partial charge in [-0.25, -0.2) is 9.07 Å². The highest BCUT2D eigenvalue weighted by Crippen LogP contribution is 2.23. The number of aromatic nitrogens is 2. The summed E-state index contributed by atoms with van der Waals surface area (Å²) in [6.45, 7) is 1.51. The van der Waals surface area contributed by atoms with Crippen LogP contribution < -0.4 is 10.9 Å². The van der Waals surface area contributed by atoms with Crippen molar-refractivity contribution in [1.82, 2.24) is 15.1 Å². The topological polar surface area (TPSA) is 104 Å². The largest absolute Gasteiger partial charge is 0.481 e. The molecule has 0 spiro atoms. The van der Waals surface area contributed by atoms with Gasteiger partial charge in [0.25, 0.3) is 11.5 Å². The molecule has 7 nitrogen and oxygen atoms in total. The van der Waals surface area contributed by atoms with E-state index in [9.17, 15) is 23.9 Å². The smallest absolute Gasteiger partial charge is 0.305 e. The van der Waals surface area contributed by atoms with Crippen LogP contribution in [-0.4, -0.2) is 26.8 Å². The fraction of sp³-hybridized carbons (Fsp3) is 0.150. The molecule has 1 heterocycles. The highest BCUT2D eigenvalue weighted by molar-refractivity contribution is 5.92. The van der Waals surface area contributed by atoms with Crippen molar-refractivity contribution in [1.29, 1.82) is 0 Å². The van der Waals surface area contributed by atoms with E-state index in [2.05, 4.69) is 10.4 Å². The number of nitrogens with one attached hydrogen (secondary N) is 2. The zero-order valence-electron chi connectivity index (χ0n) is 15.0. The van der Waals surface area contributed by atoms with Crippen molar-refractivity contribution in [2.75, 3.05) is 0 Å². The number of benzene rings is 2. The van der Waals surface area contributed by atoms with Crippen LogP contribution in [0.15, 0.2) is 59.4 Å². The van der Waals surface area contributed by atoms with Crippen molar-refractivity contribution < 1.29 is 19.1 Å². The van der Waals surface area contributed by atoms with Crippen molar-refractivity contribution in [3.63, 3.8) is 0 Å². The average Bonchev–Trinajstić information content (AvgIpc) is 3.06. The second-order valence-electron chi connectivity index (χ2n) is 6.26. The van der Waals surface area contributed by atoms with Gasteiger partial charge in [-0.2, -0.15) is 0 Å². The van der Waals surface area contributed by atoms with Gasteiger partial charge in [0.15, 0.2) is 0 Å². The van der Waals surface area contributed by atoms with Crippen LogP contribution in [0.2, 0.25) is 0 Å². The van der Waals surface area contributed by atoms with Crippen molar-refractivity contribution in [3.05, 3.63) is 87.6 Å². The van der Waals surface area contributed by atoms with E-state index in [1.165, 1.54) is 23.7 Å². The normalized spacial score (nSPS) is 11.8. The molecule has 1 atom stereocenters. The maximum absolute atomic E-state index is 13.9. The van der Waals surface area contributed by atoms with E-state index >= 15 is 0 Å². The van der Waals surface area contributed by atoms with Gasteiger partial charge in [0, 0.05) is 6.07 Å². The third kappa shape index (κ3) is 4.01. The van der Waals surface area contributed by atoms with Gasteiger partial charge in [0.05, 0.1) is 18.2 Å². The maximum atomic E-state index is 13.9. The number of hydrogen-bond donors (Lipinski definition) is 3. The van der Waals surface area contributed by atoms with Crippen LogP contribution in [0.1, 0.15) is 34.1 Å². The van der Waals surface area contributed by atoms with Gasteiger partial charge in [-0.3, -0.25) is 19.5 Å². The number of para-hydroxylation sites is 1. The van der Waals surface area contributed by atoms with Gasteiger partial charge < -0.3 is 10.4 Å². The Morgan fingerprint density at radius 3 is 2.57 bits per heavy atom. The number of aromatic amines is 1. The molecular formula is C20H18FN3O4. The molecule has 0 saturated heterocycles. The molecule has 0 aliphatic carbocycles. The van der Waals surface area contributed by atoms with Crippen LogP contribution in [0.25, 0.3) is 5.69 Å². The third-order valence-corrected chi connectivity index (χ3v) is 4.35. The number of carbonyl (C=O) groups is 2. The lowest BCUT2D eigenvalue weighted by Gasteiger charge is -2.19. The zero-order valence-corrected chi connectivity index (χ0v) is 15.0. The summed E-state index contributed by atoms with van der Waals surface area (Å²) in [6, 6.07) is 13.1. The number of H-pyrrole nitrogens is 1. The fourth-order valence-electron chi connectivity index (χ4n) is 2.93. The maximum Gasteiger partial charge on any atom is 0.305 e. The first kappa shape index (κ1) is 19.1. The Kier molecular flexibility index (Phi) is 5.39. The number of carboxylic acid groups (broad SMARTS) is 1. The lowest BCUT2D eigenvalue weighted by molar-refractivity contribution is -0.137. The van der Waals surface area contributed by atoms with Gasteiger partial charge in [-0.1, -0.05) is 30.3 Å². The number of carboxylic acids is 1. The Bertz CT molecular complexity index is 1070. The number of aliphatic carboxylic acids is 1. The fourth-order valence-corrected chi connectivity index (χ4v) is 2.93. The summed E-state index contributed by atoms with van der Waals surface area (Å²) in [6.07, 6.45) is -0.431. The molecule has 144 valence electrons. The highest BCUT2D eigenvalue weighted by Gasteiger charge is 2.23. The second kappa shape index (κ2) is 7.91. The van der Waals surface area contributed by atoms with Crippen LogP contribution in [0.3, 0.4) is 0 Å². The van der Waals surface area contributed by atoms with Crippen LogP contribution in [-0.2, 0) is 4.79 Å². The molecule has 1 unspecified atom stereocenters. The Hall–Kier alpha value is -3.68. The summed E-state index contributed by atoms with van der Waals surface area (Å²) >= 11 is 0. The quantitative estimate of drug-likeness (QED) is 0.608. The van der Waals surface area contributed by atoms with Crippen LogP contribution in [0.5, 0.6) is 0 Å². The lowest BCUT2D eigenvalue weighted by Crippen LogP contribution is -2.31. The molecule has 3 N–H and O–H groups in total. The molecule has 0 bridgehead atoms. The van der Waals surface area contributed by atoms with E-state index in [0.717, 1.165) is 6.07 Å². The number of rotatable bonds is 6. The van der Waals surface area contributed by atoms with Gasteiger partial charge >= 0.3 is 5.97 Å². The molecule has 0 aliphatic rings. The minimum Gasteiger partial charge on any atom is -0.481 e. The van der Waals surface area contributed by atoms with E-state index in [4.69, 9.17) is 0 Å². The Labute approximate surface area is 159 Å². The molecule has 1 aromatic heterocycles. The summed E-state index contributed by atoms with van der Waals surface area (Å²) in [5.41, 5.74) is 0.700. The molecule has 0 radical (unpaired) electrons. The summed E-state index contributed by atoms with van der Waals surface area (Å²) in [5, 5.41) is 14.5. The standard InChI is InChI=1S/C20H18FN3O4/c1-12-14(8-5-9-15(12)21)16(11-19(26)27)22-20(28)17-10-18(25)24(23-17)13-6-3-2-4-7-13/h2-10,16,23H,11H2,1H3,(H,22,28)(H,26,27). The van der Waals surface area contributed by atoms with E-state index in [-0.39, 0.29) is 11.3 Å². The molecule has 3 aromatic rings. The summed E-state index contributed by atoms with van der Waals surface area (Å²) in [5.74, 6) is -2.31. The van der Waals surface area contributed by atoms with Crippen molar-refractivity contribution >= 4 is 11.9 Å². The molecule has 28 heavy (non-hydrogen) atoms. The zero-order chi connectivity index (χ0) is 20.3. The first-order valence-corrected chi connectivity index (χ1v) is 8.52. The van der Waals surface area contributed by atoms with Crippen molar-refractivity contribution in [2.45, 2.75) is 19.4 Å². The number of halogens is 1. The Balaban J connectivity index is 1.90. The average molecular weight is 383 g/mol.